The van der Waals surface area contributed by atoms with E-state index in [1.54, 1.807) is 18.6 Å². The predicted octanol–water partition coefficient (Wildman–Crippen LogP) is 1.68. The standard InChI is InChI=1S/C14H16N4O2/c1-10-7-13(20-17-10)12-3-2-6-18(12)14(19)8-11-9-15-4-5-16-11/h4-5,7,9,12H,2-3,6,8H2,1H3/t12-/m0/s1. The Morgan fingerprint density at radius 3 is 3.10 bits per heavy atom. The van der Waals surface area contributed by atoms with Gasteiger partial charge in [0.2, 0.25) is 5.91 Å². The van der Waals surface area contributed by atoms with Crippen molar-refractivity contribution in [3.63, 3.8) is 0 Å². The second-order valence-electron chi connectivity index (χ2n) is 4.99. The molecule has 1 saturated heterocycles. The fourth-order valence-corrected chi connectivity index (χ4v) is 2.58. The van der Waals surface area contributed by atoms with E-state index in [1.165, 1.54) is 0 Å². The van der Waals surface area contributed by atoms with Crippen LogP contribution in [0.3, 0.4) is 0 Å². The van der Waals surface area contributed by atoms with Crippen molar-refractivity contribution in [1.29, 1.82) is 0 Å². The smallest absolute Gasteiger partial charge is 0.229 e. The van der Waals surface area contributed by atoms with Gasteiger partial charge in [-0.3, -0.25) is 14.8 Å². The van der Waals surface area contributed by atoms with E-state index >= 15 is 0 Å². The fraction of sp³-hybridized carbons (Fsp3) is 0.429. The summed E-state index contributed by atoms with van der Waals surface area (Å²) in [6.07, 6.45) is 7.00. The second-order valence-corrected chi connectivity index (χ2v) is 4.99. The van der Waals surface area contributed by atoms with Gasteiger partial charge in [0.15, 0.2) is 5.76 Å². The van der Waals surface area contributed by atoms with Crippen molar-refractivity contribution in [3.05, 3.63) is 41.8 Å². The Kier molecular flexibility index (Phi) is 3.45. The number of aryl methyl sites for hydroxylation is 1. The number of amides is 1. The lowest BCUT2D eigenvalue weighted by Gasteiger charge is -2.22. The number of rotatable bonds is 3. The Bertz CT molecular complexity index is 596. The maximum Gasteiger partial charge on any atom is 0.229 e. The highest BCUT2D eigenvalue weighted by Gasteiger charge is 2.32. The third-order valence-corrected chi connectivity index (χ3v) is 3.50. The molecule has 0 spiro atoms. The van der Waals surface area contributed by atoms with E-state index in [0.29, 0.717) is 5.69 Å². The van der Waals surface area contributed by atoms with Crippen LogP contribution in [0.15, 0.2) is 29.2 Å². The zero-order valence-corrected chi connectivity index (χ0v) is 11.3. The Balaban J connectivity index is 1.73. The summed E-state index contributed by atoms with van der Waals surface area (Å²) in [5, 5.41) is 3.90. The van der Waals surface area contributed by atoms with E-state index in [2.05, 4.69) is 15.1 Å². The van der Waals surface area contributed by atoms with Crippen LogP contribution in [-0.4, -0.2) is 32.5 Å². The number of aromatic nitrogens is 3. The van der Waals surface area contributed by atoms with Gasteiger partial charge in [-0.1, -0.05) is 5.16 Å². The molecule has 1 aliphatic heterocycles. The van der Waals surface area contributed by atoms with E-state index in [9.17, 15) is 4.79 Å². The SMILES string of the molecule is Cc1cc([C@@H]2CCCN2C(=O)Cc2cnccn2)on1. The van der Waals surface area contributed by atoms with Crippen LogP contribution in [0.2, 0.25) is 0 Å². The number of likely N-dealkylation sites (tertiary alicyclic amines) is 1. The highest BCUT2D eigenvalue weighted by atomic mass is 16.5. The molecule has 2 aromatic heterocycles. The van der Waals surface area contributed by atoms with Crippen molar-refractivity contribution >= 4 is 5.91 Å². The first-order valence-corrected chi connectivity index (χ1v) is 6.71. The van der Waals surface area contributed by atoms with Crippen molar-refractivity contribution in [2.24, 2.45) is 0 Å². The van der Waals surface area contributed by atoms with Crippen LogP contribution >= 0.6 is 0 Å². The topological polar surface area (TPSA) is 72.1 Å². The largest absolute Gasteiger partial charge is 0.359 e. The van der Waals surface area contributed by atoms with Crippen molar-refractivity contribution in [2.75, 3.05) is 6.54 Å². The van der Waals surface area contributed by atoms with Crippen molar-refractivity contribution in [1.82, 2.24) is 20.0 Å². The maximum absolute atomic E-state index is 12.4. The van der Waals surface area contributed by atoms with Crippen LogP contribution in [0.5, 0.6) is 0 Å². The molecule has 0 aliphatic carbocycles. The van der Waals surface area contributed by atoms with Crippen molar-refractivity contribution < 1.29 is 9.32 Å². The van der Waals surface area contributed by atoms with Gasteiger partial charge in [-0.2, -0.15) is 0 Å². The van der Waals surface area contributed by atoms with Crippen LogP contribution in [0.25, 0.3) is 0 Å². The highest BCUT2D eigenvalue weighted by molar-refractivity contribution is 5.79. The molecule has 6 nitrogen and oxygen atoms in total. The van der Waals surface area contributed by atoms with E-state index in [4.69, 9.17) is 4.52 Å². The lowest BCUT2D eigenvalue weighted by molar-refractivity contribution is -0.131. The van der Waals surface area contributed by atoms with Gasteiger partial charge in [-0.15, -0.1) is 0 Å². The summed E-state index contributed by atoms with van der Waals surface area (Å²) in [6, 6.07) is 1.90. The van der Waals surface area contributed by atoms with Crippen LogP contribution in [0.4, 0.5) is 0 Å². The van der Waals surface area contributed by atoms with Gasteiger partial charge < -0.3 is 9.42 Å². The van der Waals surface area contributed by atoms with Crippen LogP contribution in [0.1, 0.15) is 36.0 Å². The third kappa shape index (κ3) is 2.54. The molecule has 0 unspecified atom stereocenters. The molecule has 0 radical (unpaired) electrons. The first kappa shape index (κ1) is 12.8. The molecule has 1 aliphatic rings. The van der Waals surface area contributed by atoms with Crippen molar-refractivity contribution in [2.45, 2.75) is 32.2 Å². The summed E-state index contributed by atoms with van der Waals surface area (Å²) in [5.74, 6) is 0.828. The lowest BCUT2D eigenvalue weighted by atomic mass is 10.1. The fourth-order valence-electron chi connectivity index (χ4n) is 2.58. The Morgan fingerprint density at radius 2 is 2.40 bits per heavy atom. The summed E-state index contributed by atoms with van der Waals surface area (Å²) in [5.41, 5.74) is 1.53. The van der Waals surface area contributed by atoms with Gasteiger partial charge in [-0.05, 0) is 19.8 Å². The molecular weight excluding hydrogens is 256 g/mol. The number of carbonyl (C=O) groups excluding carboxylic acids is 1. The minimum Gasteiger partial charge on any atom is -0.359 e. The molecule has 6 heteroatoms. The highest BCUT2D eigenvalue weighted by Crippen LogP contribution is 2.32. The first-order valence-electron chi connectivity index (χ1n) is 6.71. The molecule has 1 amide bonds. The van der Waals surface area contributed by atoms with E-state index in [1.807, 2.05) is 17.9 Å². The molecule has 3 rings (SSSR count). The quantitative estimate of drug-likeness (QED) is 0.850. The van der Waals surface area contributed by atoms with Crippen molar-refractivity contribution in [3.8, 4) is 0 Å². The number of hydrogen-bond donors (Lipinski definition) is 0. The molecule has 0 bridgehead atoms. The summed E-state index contributed by atoms with van der Waals surface area (Å²) in [7, 11) is 0. The predicted molar refractivity (Wildman–Crippen MR) is 70.7 cm³/mol. The first-order chi connectivity index (χ1) is 9.74. The number of hydrogen-bond acceptors (Lipinski definition) is 5. The van der Waals surface area contributed by atoms with Gasteiger partial charge in [-0.25, -0.2) is 0 Å². The Hall–Kier alpha value is -2.24. The summed E-state index contributed by atoms with van der Waals surface area (Å²) in [4.78, 5) is 22.4. The van der Waals surface area contributed by atoms with Crippen LogP contribution in [-0.2, 0) is 11.2 Å². The molecule has 2 aromatic rings. The van der Waals surface area contributed by atoms with Gasteiger partial charge in [0.1, 0.15) is 0 Å². The van der Waals surface area contributed by atoms with Crippen LogP contribution in [0, 0.1) is 6.92 Å². The zero-order valence-electron chi connectivity index (χ0n) is 11.3. The average Bonchev–Trinajstić information content (AvgIpc) is 3.08. The molecular formula is C14H16N4O2. The minimum atomic E-state index is 0.000344. The molecule has 20 heavy (non-hydrogen) atoms. The minimum absolute atomic E-state index is 0.000344. The normalized spacial score (nSPS) is 18.4. The van der Waals surface area contributed by atoms with Gasteiger partial charge in [0, 0.05) is 31.2 Å². The zero-order chi connectivity index (χ0) is 13.9. The molecule has 3 heterocycles. The van der Waals surface area contributed by atoms with E-state index in [-0.39, 0.29) is 18.4 Å². The average molecular weight is 272 g/mol. The van der Waals surface area contributed by atoms with Crippen LogP contribution < -0.4 is 0 Å². The van der Waals surface area contributed by atoms with Gasteiger partial charge in [0.25, 0.3) is 0 Å². The summed E-state index contributed by atoms with van der Waals surface area (Å²) in [6.45, 7) is 2.64. The molecule has 0 saturated carbocycles. The second kappa shape index (κ2) is 5.40. The lowest BCUT2D eigenvalue weighted by Crippen LogP contribution is -2.31. The molecule has 0 N–H and O–H groups in total. The summed E-state index contributed by atoms with van der Waals surface area (Å²) < 4.78 is 5.31. The molecule has 0 aromatic carbocycles. The van der Waals surface area contributed by atoms with E-state index < -0.39 is 0 Å². The number of nitrogens with zero attached hydrogens (tertiary/aromatic N) is 4. The molecule has 104 valence electrons. The van der Waals surface area contributed by atoms with E-state index in [0.717, 1.165) is 30.8 Å². The molecule has 1 atom stereocenters. The monoisotopic (exact) mass is 272 g/mol. The summed E-state index contributed by atoms with van der Waals surface area (Å²) >= 11 is 0. The number of carbonyl (C=O) groups is 1. The van der Waals surface area contributed by atoms with Gasteiger partial charge in [0.05, 0.1) is 23.9 Å². The maximum atomic E-state index is 12.4. The van der Waals surface area contributed by atoms with Gasteiger partial charge >= 0.3 is 0 Å². The molecule has 1 fully saturated rings. The Morgan fingerprint density at radius 1 is 1.50 bits per heavy atom. The Labute approximate surface area is 116 Å². The third-order valence-electron chi connectivity index (χ3n) is 3.50.